The maximum absolute atomic E-state index is 11.8. The summed E-state index contributed by atoms with van der Waals surface area (Å²) in [4.78, 5) is 23.1. The molecule has 0 radical (unpaired) electrons. The van der Waals surface area contributed by atoms with Crippen LogP contribution in [0.4, 0.5) is 0 Å². The smallest absolute Gasteiger partial charge is 0.242 e. The van der Waals surface area contributed by atoms with Gasteiger partial charge in [-0.25, -0.2) is 0 Å². The van der Waals surface area contributed by atoms with E-state index < -0.39 is 12.1 Å². The molecule has 6 nitrogen and oxygen atoms in total. The number of phenolic OH excluding ortho intramolecular Hbond substituents is 1. The van der Waals surface area contributed by atoms with Crippen molar-refractivity contribution in [2.24, 2.45) is 5.73 Å². The summed E-state index contributed by atoms with van der Waals surface area (Å²) in [6.07, 6.45) is 0.340. The summed E-state index contributed by atoms with van der Waals surface area (Å²) in [6, 6.07) is 5.11. The lowest BCUT2D eigenvalue weighted by atomic mass is 10.1. The van der Waals surface area contributed by atoms with Crippen molar-refractivity contribution in [2.45, 2.75) is 25.4 Å². The quantitative estimate of drug-likeness (QED) is 0.576. The highest BCUT2D eigenvalue weighted by atomic mass is 16.3. The van der Waals surface area contributed by atoms with Crippen molar-refractivity contribution in [1.29, 1.82) is 0 Å². The highest BCUT2D eigenvalue weighted by Crippen LogP contribution is 2.10. The van der Waals surface area contributed by atoms with Crippen LogP contribution in [-0.2, 0) is 16.0 Å². The van der Waals surface area contributed by atoms with Crippen LogP contribution in [0.2, 0.25) is 0 Å². The lowest BCUT2D eigenvalue weighted by molar-refractivity contribution is -0.128. The van der Waals surface area contributed by atoms with Crippen LogP contribution in [0.1, 0.15) is 12.5 Å². The van der Waals surface area contributed by atoms with Crippen molar-refractivity contribution in [1.82, 2.24) is 10.6 Å². The van der Waals surface area contributed by atoms with Crippen molar-refractivity contribution in [3.63, 3.8) is 0 Å². The summed E-state index contributed by atoms with van der Waals surface area (Å²) in [5, 5.41) is 14.1. The number of hydrogen-bond donors (Lipinski definition) is 4. The van der Waals surface area contributed by atoms with Crippen molar-refractivity contribution in [3.05, 3.63) is 29.8 Å². The van der Waals surface area contributed by atoms with E-state index in [9.17, 15) is 9.59 Å². The van der Waals surface area contributed by atoms with Gasteiger partial charge in [0.25, 0.3) is 0 Å². The second kappa shape index (κ2) is 6.75. The fraction of sp³-hybridized carbons (Fsp3) is 0.385. The van der Waals surface area contributed by atoms with Gasteiger partial charge in [0.15, 0.2) is 0 Å². The standard InChI is InChI=1S/C13H19N3O3/c1-8(12(18)15-2)16-13(19)11(14)7-9-3-5-10(17)6-4-9/h3-6,8,11,17H,7,14H2,1-2H3,(H,15,18)(H,16,19). The highest BCUT2D eigenvalue weighted by molar-refractivity contribution is 5.89. The fourth-order valence-corrected chi connectivity index (χ4v) is 1.58. The van der Waals surface area contributed by atoms with E-state index in [2.05, 4.69) is 10.6 Å². The number of carbonyl (C=O) groups excluding carboxylic acids is 2. The highest BCUT2D eigenvalue weighted by Gasteiger charge is 2.19. The van der Waals surface area contributed by atoms with E-state index in [0.29, 0.717) is 6.42 Å². The third-order valence-corrected chi connectivity index (χ3v) is 2.73. The van der Waals surface area contributed by atoms with E-state index in [1.807, 2.05) is 0 Å². The summed E-state index contributed by atoms with van der Waals surface area (Å²) in [5.41, 5.74) is 6.61. The zero-order valence-electron chi connectivity index (χ0n) is 11.0. The Labute approximate surface area is 112 Å². The Balaban J connectivity index is 2.53. The zero-order chi connectivity index (χ0) is 14.4. The van der Waals surface area contributed by atoms with Crippen LogP contribution in [0.5, 0.6) is 5.75 Å². The maximum Gasteiger partial charge on any atom is 0.242 e. The Morgan fingerprint density at radius 3 is 2.37 bits per heavy atom. The van der Waals surface area contributed by atoms with Crippen LogP contribution in [0.3, 0.4) is 0 Å². The average molecular weight is 265 g/mol. The van der Waals surface area contributed by atoms with Gasteiger partial charge in [-0.3, -0.25) is 9.59 Å². The molecule has 2 amide bonds. The molecule has 0 aliphatic heterocycles. The predicted molar refractivity (Wildman–Crippen MR) is 71.5 cm³/mol. The monoisotopic (exact) mass is 265 g/mol. The molecule has 1 aromatic rings. The first-order valence-electron chi connectivity index (χ1n) is 5.99. The number of aromatic hydroxyl groups is 1. The van der Waals surface area contributed by atoms with Gasteiger partial charge in [-0.2, -0.15) is 0 Å². The minimum atomic E-state index is -0.739. The molecule has 104 valence electrons. The second-order valence-electron chi connectivity index (χ2n) is 4.32. The summed E-state index contributed by atoms with van der Waals surface area (Å²) < 4.78 is 0. The largest absolute Gasteiger partial charge is 0.508 e. The number of nitrogens with two attached hydrogens (primary N) is 1. The Morgan fingerprint density at radius 1 is 1.26 bits per heavy atom. The summed E-state index contributed by atoms with van der Waals surface area (Å²) in [7, 11) is 1.50. The van der Waals surface area contributed by atoms with Crippen LogP contribution in [0, 0.1) is 0 Å². The van der Waals surface area contributed by atoms with E-state index in [0.717, 1.165) is 5.56 Å². The number of likely N-dealkylation sites (N-methyl/N-ethyl adjacent to an activating group) is 1. The predicted octanol–water partition coefficient (Wildman–Crippen LogP) is -0.487. The maximum atomic E-state index is 11.8. The SMILES string of the molecule is CNC(=O)C(C)NC(=O)C(N)Cc1ccc(O)cc1. The molecule has 2 atom stereocenters. The lowest BCUT2D eigenvalue weighted by Crippen LogP contribution is -2.50. The van der Waals surface area contributed by atoms with Gasteiger partial charge in [0.2, 0.25) is 11.8 Å². The van der Waals surface area contributed by atoms with Crippen LogP contribution < -0.4 is 16.4 Å². The average Bonchev–Trinajstić information content (AvgIpc) is 2.40. The Kier molecular flexibility index (Phi) is 5.32. The lowest BCUT2D eigenvalue weighted by Gasteiger charge is -2.16. The molecule has 0 heterocycles. The molecule has 6 heteroatoms. The molecule has 0 aliphatic carbocycles. The third-order valence-electron chi connectivity index (χ3n) is 2.73. The molecule has 0 aliphatic rings. The summed E-state index contributed by atoms with van der Waals surface area (Å²) >= 11 is 0. The van der Waals surface area contributed by atoms with Gasteiger partial charge >= 0.3 is 0 Å². The molecule has 0 bridgehead atoms. The van der Waals surface area contributed by atoms with Gasteiger partial charge in [0.05, 0.1) is 6.04 Å². The molecule has 0 saturated heterocycles. The molecule has 5 N–H and O–H groups in total. The van der Waals surface area contributed by atoms with Crippen molar-refractivity contribution in [2.75, 3.05) is 7.05 Å². The van der Waals surface area contributed by atoms with Gasteiger partial charge in [0, 0.05) is 7.05 Å². The Morgan fingerprint density at radius 2 is 1.84 bits per heavy atom. The van der Waals surface area contributed by atoms with E-state index in [1.165, 1.54) is 19.2 Å². The first-order chi connectivity index (χ1) is 8.93. The second-order valence-corrected chi connectivity index (χ2v) is 4.32. The van der Waals surface area contributed by atoms with Crippen LogP contribution in [-0.4, -0.2) is 36.1 Å². The summed E-state index contributed by atoms with van der Waals surface area (Å²) in [5.74, 6) is -0.496. The van der Waals surface area contributed by atoms with Crippen LogP contribution in [0.25, 0.3) is 0 Å². The van der Waals surface area contributed by atoms with Gasteiger partial charge < -0.3 is 21.5 Å². The fourth-order valence-electron chi connectivity index (χ4n) is 1.58. The number of hydrogen-bond acceptors (Lipinski definition) is 4. The first kappa shape index (κ1) is 15.0. The third kappa shape index (κ3) is 4.59. The molecule has 19 heavy (non-hydrogen) atoms. The molecule has 1 aromatic carbocycles. The minimum Gasteiger partial charge on any atom is -0.508 e. The van der Waals surface area contributed by atoms with Crippen LogP contribution in [0.15, 0.2) is 24.3 Å². The molecule has 2 unspecified atom stereocenters. The van der Waals surface area contributed by atoms with Gasteiger partial charge in [-0.1, -0.05) is 12.1 Å². The van der Waals surface area contributed by atoms with Gasteiger partial charge in [-0.15, -0.1) is 0 Å². The Bertz CT molecular complexity index is 445. The molecule has 0 saturated carbocycles. The van der Waals surface area contributed by atoms with E-state index in [4.69, 9.17) is 10.8 Å². The molecule has 0 spiro atoms. The number of rotatable bonds is 5. The number of carbonyl (C=O) groups is 2. The van der Waals surface area contributed by atoms with E-state index >= 15 is 0 Å². The zero-order valence-corrected chi connectivity index (χ0v) is 11.0. The van der Waals surface area contributed by atoms with Gasteiger partial charge in [0.1, 0.15) is 11.8 Å². The molecular weight excluding hydrogens is 246 g/mol. The van der Waals surface area contributed by atoms with E-state index in [1.54, 1.807) is 19.1 Å². The first-order valence-corrected chi connectivity index (χ1v) is 5.99. The normalized spacial score (nSPS) is 13.4. The molecule has 1 rings (SSSR count). The topological polar surface area (TPSA) is 104 Å². The molecule has 0 aromatic heterocycles. The number of nitrogens with one attached hydrogen (secondary N) is 2. The van der Waals surface area contributed by atoms with Crippen molar-refractivity contribution in [3.8, 4) is 5.75 Å². The number of phenols is 1. The minimum absolute atomic E-state index is 0.162. The van der Waals surface area contributed by atoms with Gasteiger partial charge in [-0.05, 0) is 31.0 Å². The van der Waals surface area contributed by atoms with E-state index in [-0.39, 0.29) is 17.6 Å². The summed E-state index contributed by atoms with van der Waals surface area (Å²) in [6.45, 7) is 1.59. The van der Waals surface area contributed by atoms with Crippen LogP contribution >= 0.6 is 0 Å². The number of amides is 2. The Hall–Kier alpha value is -2.08. The molecular formula is C13H19N3O3. The van der Waals surface area contributed by atoms with Crippen molar-refractivity contribution >= 4 is 11.8 Å². The number of benzene rings is 1. The molecule has 0 fully saturated rings. The van der Waals surface area contributed by atoms with Crippen molar-refractivity contribution < 1.29 is 14.7 Å².